The Morgan fingerprint density at radius 2 is 1.94 bits per heavy atom. The molecule has 1 aliphatic rings. The highest BCUT2D eigenvalue weighted by atomic mass is 16.3. The van der Waals surface area contributed by atoms with E-state index in [1.54, 1.807) is 0 Å². The van der Waals surface area contributed by atoms with Gasteiger partial charge >= 0.3 is 0 Å². The van der Waals surface area contributed by atoms with Crippen LogP contribution in [-0.2, 0) is 0 Å². The predicted octanol–water partition coefficient (Wildman–Crippen LogP) is 1.39. The molecule has 3 nitrogen and oxygen atoms in total. The maximum absolute atomic E-state index is 9.30. The Hall–Kier alpha value is -0.120. The molecule has 0 aromatic heterocycles. The van der Waals surface area contributed by atoms with Gasteiger partial charge in [-0.1, -0.05) is 20.3 Å². The van der Waals surface area contributed by atoms with Crippen LogP contribution in [0.4, 0.5) is 0 Å². The largest absolute Gasteiger partial charge is 0.396 e. The Kier molecular flexibility index (Phi) is 5.73. The number of aliphatic hydroxyl groups excluding tert-OH is 2. The quantitative estimate of drug-likeness (QED) is 0.618. The van der Waals surface area contributed by atoms with Gasteiger partial charge in [-0.2, -0.15) is 0 Å². The van der Waals surface area contributed by atoms with Crippen molar-refractivity contribution in [2.75, 3.05) is 26.3 Å². The monoisotopic (exact) mass is 229 g/mol. The van der Waals surface area contributed by atoms with E-state index in [1.807, 2.05) is 0 Å². The number of hydrogen-bond donors (Lipinski definition) is 3. The van der Waals surface area contributed by atoms with Gasteiger partial charge in [-0.25, -0.2) is 0 Å². The van der Waals surface area contributed by atoms with Gasteiger partial charge in [0.25, 0.3) is 0 Å². The maximum atomic E-state index is 9.30. The zero-order valence-electron chi connectivity index (χ0n) is 10.7. The fourth-order valence-corrected chi connectivity index (χ4v) is 2.47. The van der Waals surface area contributed by atoms with Gasteiger partial charge in [-0.05, 0) is 37.6 Å². The van der Waals surface area contributed by atoms with E-state index >= 15 is 0 Å². The van der Waals surface area contributed by atoms with E-state index in [9.17, 15) is 10.2 Å². The van der Waals surface area contributed by atoms with Crippen molar-refractivity contribution in [3.63, 3.8) is 0 Å². The summed E-state index contributed by atoms with van der Waals surface area (Å²) in [5, 5.41) is 22.0. The molecule has 0 saturated heterocycles. The van der Waals surface area contributed by atoms with Crippen molar-refractivity contribution < 1.29 is 10.2 Å². The van der Waals surface area contributed by atoms with E-state index in [4.69, 9.17) is 0 Å². The zero-order chi connectivity index (χ0) is 12.0. The Morgan fingerprint density at radius 3 is 2.50 bits per heavy atom. The molecule has 3 heteroatoms. The van der Waals surface area contributed by atoms with E-state index in [2.05, 4.69) is 19.2 Å². The molecule has 1 aliphatic carbocycles. The van der Waals surface area contributed by atoms with E-state index in [0.717, 1.165) is 19.5 Å². The van der Waals surface area contributed by atoms with Crippen LogP contribution in [-0.4, -0.2) is 36.5 Å². The van der Waals surface area contributed by atoms with Crippen molar-refractivity contribution in [1.29, 1.82) is 0 Å². The van der Waals surface area contributed by atoms with Gasteiger partial charge in [0.1, 0.15) is 0 Å². The highest BCUT2D eigenvalue weighted by molar-refractivity contribution is 4.80. The molecule has 0 aliphatic heterocycles. The van der Waals surface area contributed by atoms with Crippen molar-refractivity contribution in [1.82, 2.24) is 5.32 Å². The first-order valence-electron chi connectivity index (χ1n) is 6.57. The van der Waals surface area contributed by atoms with Gasteiger partial charge < -0.3 is 15.5 Å². The molecule has 96 valence electrons. The summed E-state index contributed by atoms with van der Waals surface area (Å²) in [6, 6.07) is 0. The van der Waals surface area contributed by atoms with Crippen LogP contribution in [0.1, 0.15) is 39.5 Å². The van der Waals surface area contributed by atoms with Gasteiger partial charge in [0.05, 0.1) is 0 Å². The van der Waals surface area contributed by atoms with E-state index in [0.29, 0.717) is 18.4 Å². The lowest BCUT2D eigenvalue weighted by Gasteiger charge is -2.27. The first-order chi connectivity index (χ1) is 7.65. The van der Waals surface area contributed by atoms with Crippen LogP contribution in [0.15, 0.2) is 0 Å². The van der Waals surface area contributed by atoms with Gasteiger partial charge in [0.2, 0.25) is 0 Å². The third-order valence-electron chi connectivity index (χ3n) is 4.24. The molecule has 0 bridgehead atoms. The number of hydrogen-bond acceptors (Lipinski definition) is 3. The molecule has 16 heavy (non-hydrogen) atoms. The molecular weight excluding hydrogens is 202 g/mol. The van der Waals surface area contributed by atoms with Crippen molar-refractivity contribution in [2.45, 2.75) is 39.5 Å². The number of rotatable bonds is 7. The first kappa shape index (κ1) is 13.9. The van der Waals surface area contributed by atoms with Gasteiger partial charge in [0, 0.05) is 25.2 Å². The average Bonchev–Trinajstić information content (AvgIpc) is 2.76. The van der Waals surface area contributed by atoms with E-state index in [-0.39, 0.29) is 12.0 Å². The molecule has 3 atom stereocenters. The lowest BCUT2D eigenvalue weighted by molar-refractivity contribution is 0.130. The van der Waals surface area contributed by atoms with Gasteiger partial charge in [0.15, 0.2) is 0 Å². The summed E-state index contributed by atoms with van der Waals surface area (Å²) < 4.78 is 0. The maximum Gasteiger partial charge on any atom is 0.0496 e. The van der Waals surface area contributed by atoms with Crippen LogP contribution in [0, 0.1) is 17.3 Å². The molecule has 1 fully saturated rings. The minimum absolute atomic E-state index is 0.00726. The highest BCUT2D eigenvalue weighted by Gasteiger charge is 2.27. The molecule has 0 spiro atoms. The second-order valence-electron chi connectivity index (χ2n) is 5.59. The van der Waals surface area contributed by atoms with Crippen LogP contribution >= 0.6 is 0 Å². The van der Waals surface area contributed by atoms with E-state index in [1.165, 1.54) is 19.3 Å². The van der Waals surface area contributed by atoms with Crippen LogP contribution in [0.25, 0.3) is 0 Å². The minimum Gasteiger partial charge on any atom is -0.396 e. The van der Waals surface area contributed by atoms with Crippen LogP contribution in [0.3, 0.4) is 0 Å². The molecule has 0 aromatic carbocycles. The molecule has 3 unspecified atom stereocenters. The molecule has 1 saturated carbocycles. The second-order valence-corrected chi connectivity index (χ2v) is 5.59. The Morgan fingerprint density at radius 1 is 1.25 bits per heavy atom. The van der Waals surface area contributed by atoms with Crippen molar-refractivity contribution in [3.8, 4) is 0 Å². The molecule has 0 aromatic rings. The van der Waals surface area contributed by atoms with Gasteiger partial charge in [-0.15, -0.1) is 0 Å². The Labute approximate surface area is 99.3 Å². The lowest BCUT2D eigenvalue weighted by atomic mass is 9.88. The third kappa shape index (κ3) is 3.72. The summed E-state index contributed by atoms with van der Waals surface area (Å²) in [5.74, 6) is 1.12. The molecule has 0 radical (unpaired) electrons. The summed E-state index contributed by atoms with van der Waals surface area (Å²) in [4.78, 5) is 0. The van der Waals surface area contributed by atoms with Crippen LogP contribution in [0.2, 0.25) is 0 Å². The highest BCUT2D eigenvalue weighted by Crippen LogP contribution is 2.30. The second kappa shape index (κ2) is 6.58. The third-order valence-corrected chi connectivity index (χ3v) is 4.24. The molecule has 1 rings (SSSR count). The smallest absolute Gasteiger partial charge is 0.0496 e. The zero-order valence-corrected chi connectivity index (χ0v) is 10.7. The first-order valence-corrected chi connectivity index (χ1v) is 6.57. The molecule has 0 amide bonds. The van der Waals surface area contributed by atoms with Gasteiger partial charge in [-0.3, -0.25) is 0 Å². The normalized spacial score (nSPS) is 29.2. The summed E-state index contributed by atoms with van der Waals surface area (Å²) in [7, 11) is 0. The Balaban J connectivity index is 2.24. The summed E-state index contributed by atoms with van der Waals surface area (Å²) in [5.41, 5.74) is 0.00726. The summed E-state index contributed by atoms with van der Waals surface area (Å²) in [6.45, 7) is 6.65. The summed E-state index contributed by atoms with van der Waals surface area (Å²) >= 11 is 0. The fraction of sp³-hybridized carbons (Fsp3) is 1.00. The topological polar surface area (TPSA) is 52.5 Å². The molecule has 0 heterocycles. The minimum atomic E-state index is 0.00726. The predicted molar refractivity (Wildman–Crippen MR) is 66.3 cm³/mol. The van der Waals surface area contributed by atoms with Crippen molar-refractivity contribution >= 4 is 0 Å². The standard InChI is InChI=1S/C13H27NO2/c1-3-13(2,10-16)9-14-7-11-5-4-6-12(11)8-15/h11-12,14-16H,3-10H2,1-2H3. The fourth-order valence-electron chi connectivity index (χ4n) is 2.47. The SMILES string of the molecule is CCC(C)(CO)CNCC1CCCC1CO. The van der Waals surface area contributed by atoms with Crippen molar-refractivity contribution in [2.24, 2.45) is 17.3 Å². The number of nitrogens with one attached hydrogen (secondary N) is 1. The summed E-state index contributed by atoms with van der Waals surface area (Å²) in [6.07, 6.45) is 4.65. The molecule has 3 N–H and O–H groups in total. The van der Waals surface area contributed by atoms with Crippen LogP contribution < -0.4 is 5.32 Å². The van der Waals surface area contributed by atoms with Crippen LogP contribution in [0.5, 0.6) is 0 Å². The lowest BCUT2D eigenvalue weighted by Crippen LogP contribution is -2.37. The number of aliphatic hydroxyl groups is 2. The average molecular weight is 229 g/mol. The molecular formula is C13H27NO2. The Bertz CT molecular complexity index is 192. The van der Waals surface area contributed by atoms with Crippen molar-refractivity contribution in [3.05, 3.63) is 0 Å². The van der Waals surface area contributed by atoms with E-state index < -0.39 is 0 Å².